The summed E-state index contributed by atoms with van der Waals surface area (Å²) in [5, 5.41) is 0.271. The van der Waals surface area contributed by atoms with Gasteiger partial charge in [0.1, 0.15) is 5.56 Å². The Morgan fingerprint density at radius 3 is 2.54 bits per heavy atom. The highest BCUT2D eigenvalue weighted by atomic mass is 79.9. The minimum absolute atomic E-state index is 0.271. The van der Waals surface area contributed by atoms with Crippen LogP contribution in [-0.4, -0.2) is 4.98 Å². The first-order valence-corrected chi connectivity index (χ1v) is 4.42. The zero-order chi connectivity index (χ0) is 10.1. The lowest BCUT2D eigenvalue weighted by atomic mass is 10.2. The van der Waals surface area contributed by atoms with E-state index in [-0.39, 0.29) is 5.33 Å². The molecule has 0 aromatic carbocycles. The highest BCUT2D eigenvalue weighted by Gasteiger charge is 2.33. The number of alkyl halides is 4. The minimum Gasteiger partial charge on any atom is -0.328 e. The highest BCUT2D eigenvalue weighted by Crippen LogP contribution is 2.26. The van der Waals surface area contributed by atoms with Crippen molar-refractivity contribution in [3.8, 4) is 0 Å². The van der Waals surface area contributed by atoms with Crippen molar-refractivity contribution in [1.29, 1.82) is 0 Å². The van der Waals surface area contributed by atoms with Gasteiger partial charge in [0.2, 0.25) is 0 Å². The molecule has 0 aliphatic heterocycles. The van der Waals surface area contributed by atoms with E-state index in [1.165, 1.54) is 6.20 Å². The van der Waals surface area contributed by atoms with Crippen molar-refractivity contribution in [3.63, 3.8) is 0 Å². The SMILES string of the molecule is O=c1[nH]cc(CBr)cc1C(F)(F)F. The molecule has 0 saturated heterocycles. The van der Waals surface area contributed by atoms with Crippen LogP contribution in [0, 0.1) is 0 Å². The molecule has 1 aromatic rings. The summed E-state index contributed by atoms with van der Waals surface area (Å²) in [4.78, 5) is 12.8. The second-order valence-electron chi connectivity index (χ2n) is 2.38. The molecule has 0 radical (unpaired) electrons. The molecule has 2 nitrogen and oxygen atoms in total. The number of halogens is 4. The molecule has 1 N–H and O–H groups in total. The van der Waals surface area contributed by atoms with Gasteiger partial charge in [-0.05, 0) is 11.6 Å². The van der Waals surface area contributed by atoms with E-state index in [2.05, 4.69) is 15.9 Å². The molecule has 0 saturated carbocycles. The third kappa shape index (κ3) is 2.33. The number of hydrogen-bond acceptors (Lipinski definition) is 1. The van der Waals surface area contributed by atoms with Gasteiger partial charge in [0.05, 0.1) is 0 Å². The molecule has 0 unspecified atom stereocenters. The Hall–Kier alpha value is -0.780. The molecule has 1 heterocycles. The second-order valence-corrected chi connectivity index (χ2v) is 2.94. The van der Waals surface area contributed by atoms with Crippen LogP contribution in [0.15, 0.2) is 17.1 Å². The van der Waals surface area contributed by atoms with Gasteiger partial charge in [-0.25, -0.2) is 0 Å². The Kier molecular flexibility index (Phi) is 2.80. The molecule has 0 spiro atoms. The average molecular weight is 256 g/mol. The standard InChI is InChI=1S/C7H5BrF3NO/c8-2-4-1-5(7(9,10)11)6(13)12-3-4/h1,3H,2H2,(H,12,13). The van der Waals surface area contributed by atoms with Crippen LogP contribution >= 0.6 is 15.9 Å². The number of H-pyrrole nitrogens is 1. The Morgan fingerprint density at radius 1 is 1.46 bits per heavy atom. The fourth-order valence-electron chi connectivity index (χ4n) is 0.816. The zero-order valence-electron chi connectivity index (χ0n) is 6.28. The van der Waals surface area contributed by atoms with Crippen LogP contribution in [-0.2, 0) is 11.5 Å². The predicted molar refractivity (Wildman–Crippen MR) is 44.7 cm³/mol. The van der Waals surface area contributed by atoms with Crippen molar-refractivity contribution in [2.75, 3.05) is 0 Å². The molecule has 1 aromatic heterocycles. The third-order valence-electron chi connectivity index (χ3n) is 1.42. The molecule has 0 atom stereocenters. The third-order valence-corrected chi connectivity index (χ3v) is 2.07. The van der Waals surface area contributed by atoms with Crippen LogP contribution in [0.25, 0.3) is 0 Å². The van der Waals surface area contributed by atoms with Gasteiger partial charge in [-0.2, -0.15) is 13.2 Å². The Bertz CT molecular complexity index is 357. The monoisotopic (exact) mass is 255 g/mol. The van der Waals surface area contributed by atoms with Gasteiger partial charge in [-0.15, -0.1) is 0 Å². The molecule has 0 aliphatic carbocycles. The van der Waals surface area contributed by atoms with Gasteiger partial charge in [-0.3, -0.25) is 4.79 Å². The van der Waals surface area contributed by atoms with E-state index in [0.29, 0.717) is 5.56 Å². The summed E-state index contributed by atoms with van der Waals surface area (Å²) in [5.41, 5.74) is -1.89. The molecule has 6 heteroatoms. The molecule has 0 aliphatic rings. The number of aromatic amines is 1. The van der Waals surface area contributed by atoms with E-state index < -0.39 is 17.3 Å². The summed E-state index contributed by atoms with van der Waals surface area (Å²) in [6, 6.07) is 0.827. The summed E-state index contributed by atoms with van der Waals surface area (Å²) in [6.45, 7) is 0. The summed E-state index contributed by atoms with van der Waals surface area (Å²) >= 11 is 2.99. The quantitative estimate of drug-likeness (QED) is 0.768. The lowest BCUT2D eigenvalue weighted by Gasteiger charge is -2.05. The molecule has 0 fully saturated rings. The van der Waals surface area contributed by atoms with Crippen molar-refractivity contribution in [3.05, 3.63) is 33.7 Å². The van der Waals surface area contributed by atoms with E-state index in [9.17, 15) is 18.0 Å². The Balaban J connectivity index is 3.28. The van der Waals surface area contributed by atoms with Gasteiger partial charge < -0.3 is 4.98 Å². The van der Waals surface area contributed by atoms with Crippen LogP contribution in [0.5, 0.6) is 0 Å². The minimum atomic E-state index is -4.59. The van der Waals surface area contributed by atoms with Crippen molar-refractivity contribution < 1.29 is 13.2 Å². The first-order valence-electron chi connectivity index (χ1n) is 3.30. The fourth-order valence-corrected chi connectivity index (χ4v) is 1.14. The van der Waals surface area contributed by atoms with Crippen LogP contribution in [0.3, 0.4) is 0 Å². The summed E-state index contributed by atoms with van der Waals surface area (Å²) in [6.07, 6.45) is -3.35. The molecule has 0 amide bonds. The summed E-state index contributed by atoms with van der Waals surface area (Å²) < 4.78 is 36.4. The summed E-state index contributed by atoms with van der Waals surface area (Å²) in [7, 11) is 0. The van der Waals surface area contributed by atoms with Crippen LogP contribution < -0.4 is 5.56 Å². The molecule has 1 rings (SSSR count). The molecule has 0 bridgehead atoms. The number of rotatable bonds is 1. The first-order chi connectivity index (χ1) is 5.95. The maximum Gasteiger partial charge on any atom is 0.421 e. The van der Waals surface area contributed by atoms with E-state index in [1.807, 2.05) is 4.98 Å². The van der Waals surface area contributed by atoms with Crippen molar-refractivity contribution in [2.24, 2.45) is 0 Å². The first kappa shape index (κ1) is 10.3. The van der Waals surface area contributed by atoms with Crippen molar-refractivity contribution in [2.45, 2.75) is 11.5 Å². The Labute approximate surface area is 79.9 Å². The maximum absolute atomic E-state index is 12.1. The normalized spacial score (nSPS) is 11.7. The number of aromatic nitrogens is 1. The molecular formula is C7H5BrF3NO. The molecular weight excluding hydrogens is 251 g/mol. The van der Waals surface area contributed by atoms with E-state index in [4.69, 9.17) is 0 Å². The number of pyridine rings is 1. The van der Waals surface area contributed by atoms with E-state index in [1.54, 1.807) is 0 Å². The largest absolute Gasteiger partial charge is 0.421 e. The van der Waals surface area contributed by atoms with Crippen LogP contribution in [0.4, 0.5) is 13.2 Å². The van der Waals surface area contributed by atoms with Crippen LogP contribution in [0.2, 0.25) is 0 Å². The average Bonchev–Trinajstić information content (AvgIpc) is 2.03. The van der Waals surface area contributed by atoms with E-state index in [0.717, 1.165) is 6.07 Å². The Morgan fingerprint density at radius 2 is 2.08 bits per heavy atom. The van der Waals surface area contributed by atoms with Gasteiger partial charge in [0.25, 0.3) is 5.56 Å². The lowest BCUT2D eigenvalue weighted by molar-refractivity contribution is -0.138. The predicted octanol–water partition coefficient (Wildman–Crippen LogP) is 2.29. The second kappa shape index (κ2) is 3.53. The van der Waals surface area contributed by atoms with Crippen LogP contribution in [0.1, 0.15) is 11.1 Å². The van der Waals surface area contributed by atoms with Gasteiger partial charge in [0, 0.05) is 11.5 Å². The molecule has 72 valence electrons. The van der Waals surface area contributed by atoms with E-state index >= 15 is 0 Å². The van der Waals surface area contributed by atoms with Gasteiger partial charge in [-0.1, -0.05) is 15.9 Å². The highest BCUT2D eigenvalue weighted by molar-refractivity contribution is 9.08. The topological polar surface area (TPSA) is 32.9 Å². The fraction of sp³-hybridized carbons (Fsp3) is 0.286. The lowest BCUT2D eigenvalue weighted by Crippen LogP contribution is -2.21. The maximum atomic E-state index is 12.1. The number of nitrogens with one attached hydrogen (secondary N) is 1. The number of hydrogen-bond donors (Lipinski definition) is 1. The van der Waals surface area contributed by atoms with Gasteiger partial charge in [0.15, 0.2) is 0 Å². The van der Waals surface area contributed by atoms with Crippen molar-refractivity contribution in [1.82, 2.24) is 4.98 Å². The zero-order valence-corrected chi connectivity index (χ0v) is 7.87. The van der Waals surface area contributed by atoms with Gasteiger partial charge >= 0.3 is 6.18 Å². The summed E-state index contributed by atoms with van der Waals surface area (Å²) in [5.74, 6) is 0. The molecule has 13 heavy (non-hydrogen) atoms. The van der Waals surface area contributed by atoms with Crippen molar-refractivity contribution >= 4 is 15.9 Å². The smallest absolute Gasteiger partial charge is 0.328 e.